The van der Waals surface area contributed by atoms with E-state index < -0.39 is 0 Å². The Morgan fingerprint density at radius 2 is 1.65 bits per heavy atom. The SMILES string of the molecule is CC1CCCC(CCNC2CCC3(CCCC3)CC2)C1. The fourth-order valence-corrected chi connectivity index (χ4v) is 5.37. The van der Waals surface area contributed by atoms with Gasteiger partial charge in [-0.3, -0.25) is 0 Å². The molecule has 3 aliphatic rings. The molecule has 1 heteroatoms. The van der Waals surface area contributed by atoms with Gasteiger partial charge < -0.3 is 5.32 Å². The molecule has 1 nitrogen and oxygen atoms in total. The summed E-state index contributed by atoms with van der Waals surface area (Å²) in [4.78, 5) is 0. The Hall–Kier alpha value is -0.0400. The molecule has 3 fully saturated rings. The zero-order valence-corrected chi connectivity index (χ0v) is 13.6. The van der Waals surface area contributed by atoms with Crippen LogP contribution in [0.3, 0.4) is 0 Å². The summed E-state index contributed by atoms with van der Waals surface area (Å²) in [5.41, 5.74) is 0.803. The van der Waals surface area contributed by atoms with Crippen LogP contribution in [0.15, 0.2) is 0 Å². The van der Waals surface area contributed by atoms with Crippen LogP contribution in [0, 0.1) is 17.3 Å². The van der Waals surface area contributed by atoms with Crippen molar-refractivity contribution in [3.05, 3.63) is 0 Å². The first-order valence-electron chi connectivity index (χ1n) is 9.49. The molecular weight excluding hydrogens is 242 g/mol. The highest BCUT2D eigenvalue weighted by Gasteiger charge is 2.37. The molecule has 1 N–H and O–H groups in total. The Bertz CT molecular complexity index is 282. The van der Waals surface area contributed by atoms with Gasteiger partial charge in [-0.15, -0.1) is 0 Å². The van der Waals surface area contributed by atoms with Crippen LogP contribution < -0.4 is 5.32 Å². The molecule has 0 bridgehead atoms. The molecule has 0 saturated heterocycles. The van der Waals surface area contributed by atoms with Crippen LogP contribution >= 0.6 is 0 Å². The van der Waals surface area contributed by atoms with Gasteiger partial charge in [-0.25, -0.2) is 0 Å². The predicted molar refractivity (Wildman–Crippen MR) is 86.9 cm³/mol. The lowest BCUT2D eigenvalue weighted by atomic mass is 9.71. The Kier molecular flexibility index (Phi) is 5.07. The van der Waals surface area contributed by atoms with E-state index in [1.54, 1.807) is 12.8 Å². The highest BCUT2D eigenvalue weighted by Crippen LogP contribution is 2.48. The second-order valence-corrected chi connectivity index (χ2v) is 8.36. The van der Waals surface area contributed by atoms with Gasteiger partial charge in [-0.2, -0.15) is 0 Å². The minimum Gasteiger partial charge on any atom is -0.314 e. The molecule has 3 saturated carbocycles. The summed E-state index contributed by atoms with van der Waals surface area (Å²) in [6.45, 7) is 3.73. The molecule has 20 heavy (non-hydrogen) atoms. The second kappa shape index (κ2) is 6.81. The highest BCUT2D eigenvalue weighted by atomic mass is 14.9. The van der Waals surface area contributed by atoms with Crippen LogP contribution in [0.25, 0.3) is 0 Å². The van der Waals surface area contributed by atoms with Crippen LogP contribution in [0.4, 0.5) is 0 Å². The van der Waals surface area contributed by atoms with E-state index >= 15 is 0 Å². The Balaban J connectivity index is 1.31. The first-order chi connectivity index (χ1) is 9.76. The highest BCUT2D eigenvalue weighted by molar-refractivity contribution is 4.91. The van der Waals surface area contributed by atoms with E-state index in [-0.39, 0.29) is 0 Å². The zero-order chi connectivity index (χ0) is 13.8. The maximum absolute atomic E-state index is 3.89. The fraction of sp³-hybridized carbons (Fsp3) is 1.00. The molecule has 0 aromatic heterocycles. The smallest absolute Gasteiger partial charge is 0.00674 e. The van der Waals surface area contributed by atoms with E-state index in [0.29, 0.717) is 0 Å². The van der Waals surface area contributed by atoms with Crippen molar-refractivity contribution in [1.82, 2.24) is 5.32 Å². The molecular formula is C19H35N. The lowest BCUT2D eigenvalue weighted by molar-refractivity contribution is 0.166. The van der Waals surface area contributed by atoms with Gasteiger partial charge in [0, 0.05) is 6.04 Å². The van der Waals surface area contributed by atoms with Crippen molar-refractivity contribution in [2.75, 3.05) is 6.54 Å². The molecule has 0 radical (unpaired) electrons. The lowest BCUT2D eigenvalue weighted by Crippen LogP contribution is -2.37. The number of rotatable bonds is 4. The monoisotopic (exact) mass is 277 g/mol. The summed E-state index contributed by atoms with van der Waals surface area (Å²) in [6, 6.07) is 0.849. The first-order valence-corrected chi connectivity index (χ1v) is 9.49. The Morgan fingerprint density at radius 3 is 2.35 bits per heavy atom. The minimum atomic E-state index is 0.803. The largest absolute Gasteiger partial charge is 0.314 e. The minimum absolute atomic E-state index is 0.803. The summed E-state index contributed by atoms with van der Waals surface area (Å²) in [6.07, 6.45) is 19.5. The molecule has 0 heterocycles. The third-order valence-corrected chi connectivity index (χ3v) is 6.74. The predicted octanol–water partition coefficient (Wildman–Crippen LogP) is 5.30. The fourth-order valence-electron chi connectivity index (χ4n) is 5.37. The number of nitrogens with one attached hydrogen (secondary N) is 1. The van der Waals surface area contributed by atoms with Crippen LogP contribution in [0.5, 0.6) is 0 Å². The molecule has 0 aromatic rings. The molecule has 0 aliphatic heterocycles. The zero-order valence-electron chi connectivity index (χ0n) is 13.6. The van der Waals surface area contributed by atoms with Crippen LogP contribution in [-0.4, -0.2) is 12.6 Å². The van der Waals surface area contributed by atoms with Gasteiger partial charge in [0.15, 0.2) is 0 Å². The summed E-state index contributed by atoms with van der Waals surface area (Å²) >= 11 is 0. The quantitative estimate of drug-likeness (QED) is 0.735. The molecule has 116 valence electrons. The molecule has 1 spiro atoms. The van der Waals surface area contributed by atoms with E-state index in [1.165, 1.54) is 77.2 Å². The van der Waals surface area contributed by atoms with E-state index in [2.05, 4.69) is 12.2 Å². The maximum Gasteiger partial charge on any atom is 0.00674 e. The second-order valence-electron chi connectivity index (χ2n) is 8.36. The van der Waals surface area contributed by atoms with E-state index in [4.69, 9.17) is 0 Å². The van der Waals surface area contributed by atoms with Gasteiger partial charge in [-0.05, 0) is 75.2 Å². The van der Waals surface area contributed by atoms with Crippen molar-refractivity contribution in [3.63, 3.8) is 0 Å². The van der Waals surface area contributed by atoms with Crippen LogP contribution in [0.2, 0.25) is 0 Å². The van der Waals surface area contributed by atoms with Crippen molar-refractivity contribution in [2.24, 2.45) is 17.3 Å². The van der Waals surface area contributed by atoms with E-state index in [9.17, 15) is 0 Å². The third kappa shape index (κ3) is 3.78. The molecule has 3 aliphatic carbocycles. The molecule has 2 atom stereocenters. The summed E-state index contributed by atoms with van der Waals surface area (Å²) in [5.74, 6) is 2.02. The molecule has 0 amide bonds. The van der Waals surface area contributed by atoms with Crippen molar-refractivity contribution >= 4 is 0 Å². The van der Waals surface area contributed by atoms with Crippen molar-refractivity contribution in [1.29, 1.82) is 0 Å². The maximum atomic E-state index is 3.89. The Morgan fingerprint density at radius 1 is 0.900 bits per heavy atom. The topological polar surface area (TPSA) is 12.0 Å². The van der Waals surface area contributed by atoms with E-state index in [1.807, 2.05) is 0 Å². The van der Waals surface area contributed by atoms with Gasteiger partial charge in [0.05, 0.1) is 0 Å². The number of hydrogen-bond donors (Lipinski definition) is 1. The van der Waals surface area contributed by atoms with Crippen molar-refractivity contribution < 1.29 is 0 Å². The van der Waals surface area contributed by atoms with Crippen LogP contribution in [0.1, 0.15) is 90.4 Å². The first kappa shape index (κ1) is 14.9. The molecule has 2 unspecified atom stereocenters. The normalized spacial score (nSPS) is 34.6. The van der Waals surface area contributed by atoms with Gasteiger partial charge in [-0.1, -0.05) is 39.0 Å². The van der Waals surface area contributed by atoms with Gasteiger partial charge in [0.25, 0.3) is 0 Å². The number of hydrogen-bond acceptors (Lipinski definition) is 1. The van der Waals surface area contributed by atoms with Crippen LogP contribution in [-0.2, 0) is 0 Å². The Labute approximate surface area is 126 Å². The summed E-state index contributed by atoms with van der Waals surface area (Å²) in [7, 11) is 0. The molecule has 0 aromatic carbocycles. The van der Waals surface area contributed by atoms with Gasteiger partial charge >= 0.3 is 0 Å². The average molecular weight is 277 g/mol. The summed E-state index contributed by atoms with van der Waals surface area (Å²) in [5, 5.41) is 3.89. The van der Waals surface area contributed by atoms with E-state index in [0.717, 1.165) is 23.3 Å². The standard InChI is InChI=1S/C19H35N/c1-16-5-4-6-17(15-16)9-14-20-18-7-12-19(13-8-18)10-2-3-11-19/h16-18,20H,2-15H2,1H3. The van der Waals surface area contributed by atoms with Crippen molar-refractivity contribution in [2.45, 2.75) is 96.4 Å². The lowest BCUT2D eigenvalue weighted by Gasteiger charge is -2.38. The van der Waals surface area contributed by atoms with Gasteiger partial charge in [0.1, 0.15) is 0 Å². The molecule has 3 rings (SSSR count). The van der Waals surface area contributed by atoms with Crippen molar-refractivity contribution in [3.8, 4) is 0 Å². The third-order valence-electron chi connectivity index (χ3n) is 6.74. The summed E-state index contributed by atoms with van der Waals surface area (Å²) < 4.78 is 0. The van der Waals surface area contributed by atoms with Gasteiger partial charge in [0.2, 0.25) is 0 Å². The average Bonchev–Trinajstić information content (AvgIpc) is 2.90.